The van der Waals surface area contributed by atoms with Crippen molar-refractivity contribution in [3.8, 4) is 0 Å². The summed E-state index contributed by atoms with van der Waals surface area (Å²) < 4.78 is 1.80. The van der Waals surface area contributed by atoms with Crippen LogP contribution in [0, 0.1) is 0 Å². The van der Waals surface area contributed by atoms with Gasteiger partial charge in [0.05, 0.1) is 0 Å². The van der Waals surface area contributed by atoms with Crippen LogP contribution in [0.5, 0.6) is 0 Å². The molecule has 1 aliphatic rings. The second-order valence-electron chi connectivity index (χ2n) is 7.18. The Hall–Kier alpha value is -0.139. The first kappa shape index (κ1) is 23.9. The van der Waals surface area contributed by atoms with Gasteiger partial charge in [0.25, 0.3) is 0 Å². The number of hydrogen-bond donors (Lipinski definition) is 0. The molecule has 2 aromatic rings. The Morgan fingerprint density at radius 2 is 1.35 bits per heavy atom. The Bertz CT molecular complexity index is 752. The Balaban J connectivity index is 0.00000169. The van der Waals surface area contributed by atoms with Crippen molar-refractivity contribution < 1.29 is 40.9 Å². The number of allylic oxidation sites excluding steroid dienone is 4. The Morgan fingerprint density at radius 1 is 0.846 bits per heavy atom. The van der Waals surface area contributed by atoms with E-state index in [9.17, 15) is 0 Å². The molecule has 0 radical (unpaired) electrons. The maximum Gasteiger partial charge on any atom is -1.00 e. The normalized spacial score (nSPS) is 12.8. The SMILES string of the molecule is CC(C)(C)[PH][Ti+2]([C]1=CC=CC1)=[Si](c1ccccc1)c1ccccc1.[Cl-].[Cl-]. The summed E-state index contributed by atoms with van der Waals surface area (Å²) in [5.41, 5.74) is 0. The minimum absolute atomic E-state index is 0. The molecule has 1 atom stereocenters. The van der Waals surface area contributed by atoms with Crippen LogP contribution in [0.25, 0.3) is 0 Å². The molecule has 1 aliphatic carbocycles. The third-order valence-corrected chi connectivity index (χ3v) is 25.9. The van der Waals surface area contributed by atoms with Gasteiger partial charge in [-0.1, -0.05) is 0 Å². The molecule has 0 bridgehead atoms. The Labute approximate surface area is 178 Å². The molecule has 0 fully saturated rings. The number of rotatable bonds is 4. The van der Waals surface area contributed by atoms with Gasteiger partial charge in [-0.15, -0.1) is 0 Å². The zero-order valence-corrected chi connectivity index (χ0v) is 20.5. The summed E-state index contributed by atoms with van der Waals surface area (Å²) in [6.07, 6.45) is 7.60. The molecule has 5 heteroatoms. The molecule has 0 aromatic heterocycles. The molecule has 3 rings (SSSR count). The largest absolute Gasteiger partial charge is 1.00 e. The van der Waals surface area contributed by atoms with Gasteiger partial charge in [-0.3, -0.25) is 0 Å². The molecular formula is C21H25Cl2PSiTi. The predicted molar refractivity (Wildman–Crippen MR) is 108 cm³/mol. The fraction of sp³-hybridized carbons (Fsp3) is 0.238. The number of halogens is 2. The summed E-state index contributed by atoms with van der Waals surface area (Å²) in [6, 6.07) is 22.7. The molecule has 0 heterocycles. The first-order chi connectivity index (χ1) is 11.5. The quantitative estimate of drug-likeness (QED) is 0.396. The summed E-state index contributed by atoms with van der Waals surface area (Å²) in [5, 5.41) is 3.64. The predicted octanol–water partition coefficient (Wildman–Crippen LogP) is -1.35. The van der Waals surface area contributed by atoms with Crippen molar-refractivity contribution in [1.82, 2.24) is 0 Å². The van der Waals surface area contributed by atoms with Crippen LogP contribution in [-0.2, 0) is 16.1 Å². The van der Waals surface area contributed by atoms with E-state index in [2.05, 4.69) is 99.7 Å². The number of benzene rings is 2. The van der Waals surface area contributed by atoms with E-state index in [1.54, 1.807) is 14.3 Å². The average Bonchev–Trinajstić information content (AvgIpc) is 3.09. The molecule has 2 aromatic carbocycles. The standard InChI is InChI=1S/C12H10Si.C5H5.C4H10P.2ClH.Ti/c1-3-7-11(8-4-1)13-12-9-5-2-6-10-12;1-2-4-5-3-1;1-4(2,3)5;;;/h1-10H;1-3H,4H2;5H,1-3H3;2*1H;/q;;-1;;;+3/p-2. The van der Waals surface area contributed by atoms with E-state index in [4.69, 9.17) is 0 Å². The fourth-order valence-corrected chi connectivity index (χ4v) is 29.1. The first-order valence-corrected chi connectivity index (χ1v) is 16.5. The van der Waals surface area contributed by atoms with E-state index in [0.717, 1.165) is 6.57 Å². The van der Waals surface area contributed by atoms with Crippen LogP contribution >= 0.6 is 6.57 Å². The molecule has 0 aliphatic heterocycles. The molecule has 0 amide bonds. The van der Waals surface area contributed by atoms with E-state index >= 15 is 0 Å². The number of hydrogen-bond acceptors (Lipinski definition) is 0. The van der Waals surface area contributed by atoms with E-state index in [1.165, 1.54) is 6.42 Å². The van der Waals surface area contributed by atoms with Gasteiger partial charge < -0.3 is 24.8 Å². The minimum Gasteiger partial charge on any atom is -1.00 e. The van der Waals surface area contributed by atoms with Gasteiger partial charge in [0.15, 0.2) is 0 Å². The van der Waals surface area contributed by atoms with Gasteiger partial charge in [-0.05, 0) is 0 Å². The van der Waals surface area contributed by atoms with Crippen molar-refractivity contribution in [3.63, 3.8) is 0 Å². The van der Waals surface area contributed by atoms with Crippen LogP contribution in [0.2, 0.25) is 0 Å². The van der Waals surface area contributed by atoms with Crippen LogP contribution < -0.4 is 35.2 Å². The second-order valence-corrected chi connectivity index (χ2v) is 22.7. The van der Waals surface area contributed by atoms with Gasteiger partial charge in [0, 0.05) is 0 Å². The van der Waals surface area contributed by atoms with E-state index in [1.807, 2.05) is 0 Å². The van der Waals surface area contributed by atoms with Crippen molar-refractivity contribution >= 4 is 23.1 Å². The van der Waals surface area contributed by atoms with Crippen molar-refractivity contribution in [2.75, 3.05) is 0 Å². The van der Waals surface area contributed by atoms with Crippen molar-refractivity contribution in [3.05, 3.63) is 82.8 Å². The molecule has 0 N–H and O–H groups in total. The zero-order chi connectivity index (χ0) is 17.0. The second kappa shape index (κ2) is 11.0. The Morgan fingerprint density at radius 3 is 1.73 bits per heavy atom. The van der Waals surface area contributed by atoms with Crippen molar-refractivity contribution in [1.29, 1.82) is 0 Å². The monoisotopic (exact) mass is 454 g/mol. The van der Waals surface area contributed by atoms with E-state index in [0.29, 0.717) is 5.16 Å². The summed E-state index contributed by atoms with van der Waals surface area (Å²) in [4.78, 5) is 0. The molecule has 0 spiro atoms. The van der Waals surface area contributed by atoms with Crippen molar-refractivity contribution in [2.24, 2.45) is 0 Å². The van der Waals surface area contributed by atoms with E-state index < -0.39 is 22.3 Å². The van der Waals surface area contributed by atoms with Crippen LogP contribution in [0.4, 0.5) is 0 Å². The summed E-state index contributed by atoms with van der Waals surface area (Å²) in [7, 11) is 0. The smallest absolute Gasteiger partial charge is 1.00 e. The maximum atomic E-state index is 2.45. The van der Waals surface area contributed by atoms with Crippen molar-refractivity contribution in [2.45, 2.75) is 32.3 Å². The Kier molecular flexibility index (Phi) is 10.1. The molecule has 26 heavy (non-hydrogen) atoms. The van der Waals surface area contributed by atoms with Gasteiger partial charge in [0.2, 0.25) is 0 Å². The molecular weight excluding hydrogens is 430 g/mol. The van der Waals surface area contributed by atoms with Crippen LogP contribution in [0.3, 0.4) is 0 Å². The molecule has 136 valence electrons. The molecule has 0 nitrogen and oxygen atoms in total. The topological polar surface area (TPSA) is 0 Å². The van der Waals surface area contributed by atoms with Gasteiger partial charge in [-0.2, -0.15) is 0 Å². The minimum atomic E-state index is -1.39. The molecule has 0 saturated heterocycles. The van der Waals surface area contributed by atoms with E-state index in [-0.39, 0.29) is 24.8 Å². The average molecular weight is 455 g/mol. The first-order valence-electron chi connectivity index (χ1n) is 8.54. The van der Waals surface area contributed by atoms with Crippen LogP contribution in [0.1, 0.15) is 27.2 Å². The third kappa shape index (κ3) is 6.48. The summed E-state index contributed by atoms with van der Waals surface area (Å²) in [5.74, 6) is 0. The summed E-state index contributed by atoms with van der Waals surface area (Å²) >= 11 is -1.39. The van der Waals surface area contributed by atoms with Crippen LogP contribution in [0.15, 0.2) is 82.8 Å². The fourth-order valence-electron chi connectivity index (χ4n) is 2.98. The summed E-state index contributed by atoms with van der Waals surface area (Å²) in [6.45, 7) is 8.38. The molecule has 1 unspecified atom stereocenters. The third-order valence-electron chi connectivity index (χ3n) is 3.97. The molecule has 0 saturated carbocycles. The van der Waals surface area contributed by atoms with Gasteiger partial charge >= 0.3 is 154 Å². The van der Waals surface area contributed by atoms with Gasteiger partial charge in [-0.25, -0.2) is 0 Å². The van der Waals surface area contributed by atoms with Gasteiger partial charge in [0.1, 0.15) is 0 Å². The van der Waals surface area contributed by atoms with Crippen LogP contribution in [-0.4, -0.2) is 11.3 Å². The maximum absolute atomic E-state index is 2.45. The zero-order valence-electron chi connectivity index (χ0n) is 15.5.